The molecule has 4 aliphatic rings. The largest absolute Gasteiger partial charge is 0.464 e. The number of benzene rings is 1. The first-order valence-corrected chi connectivity index (χ1v) is 24.0. The number of hydrazine groups is 1. The number of hydrogen-bond donors (Lipinski definition) is 2. The second-order valence-corrected chi connectivity index (χ2v) is 20.1. The van der Waals surface area contributed by atoms with Crippen LogP contribution in [0.5, 0.6) is 0 Å². The van der Waals surface area contributed by atoms with Gasteiger partial charge < -0.3 is 34.1 Å². The summed E-state index contributed by atoms with van der Waals surface area (Å²) < 4.78 is 14.2. The van der Waals surface area contributed by atoms with Crippen molar-refractivity contribution >= 4 is 52.0 Å². The number of amides is 5. The molecule has 5 amide bonds. The van der Waals surface area contributed by atoms with E-state index in [4.69, 9.17) is 19.4 Å². The lowest BCUT2D eigenvalue weighted by Crippen LogP contribution is -2.63. The molecule has 6 heterocycles. The number of thiazole rings is 1. The van der Waals surface area contributed by atoms with Crippen molar-refractivity contribution in [1.82, 2.24) is 45.0 Å². The second-order valence-electron chi connectivity index (χ2n) is 19.2. The molecule has 0 spiro atoms. The lowest BCUT2D eigenvalue weighted by molar-refractivity contribution is -0.155. The van der Waals surface area contributed by atoms with Gasteiger partial charge in [-0.15, -0.1) is 11.3 Å². The van der Waals surface area contributed by atoms with Gasteiger partial charge in [0, 0.05) is 85.8 Å². The number of ether oxygens (including phenoxy) is 2. The van der Waals surface area contributed by atoms with E-state index in [1.54, 1.807) is 30.2 Å². The van der Waals surface area contributed by atoms with Crippen LogP contribution in [0, 0.1) is 11.3 Å². The summed E-state index contributed by atoms with van der Waals surface area (Å²) in [5.74, 6) is -1.82. The Labute approximate surface area is 390 Å². The molecule has 1 aliphatic carbocycles. The molecule has 3 aromatic heterocycles. The van der Waals surface area contributed by atoms with Gasteiger partial charge in [-0.05, 0) is 81.4 Å². The highest BCUT2D eigenvalue weighted by Gasteiger charge is 2.53. The maximum Gasteiger partial charge on any atom is 0.324 e. The molecule has 1 aromatic carbocycles. The summed E-state index contributed by atoms with van der Waals surface area (Å²) >= 11 is 1.41. The van der Waals surface area contributed by atoms with Crippen LogP contribution in [0.4, 0.5) is 4.79 Å². The highest BCUT2D eigenvalue weighted by Crippen LogP contribution is 2.42. The first kappa shape index (κ1) is 46.9. The highest BCUT2D eigenvalue weighted by atomic mass is 32.1. The van der Waals surface area contributed by atoms with E-state index < -0.39 is 41.3 Å². The third-order valence-electron chi connectivity index (χ3n) is 13.6. The summed E-state index contributed by atoms with van der Waals surface area (Å²) in [6.07, 6.45) is 5.16. The number of nitrogens with zero attached hydrogens (tertiary/aromatic N) is 7. The van der Waals surface area contributed by atoms with Gasteiger partial charge in [-0.25, -0.2) is 15.2 Å². The zero-order valence-electron chi connectivity index (χ0n) is 39.3. The number of likely N-dealkylation sites (N-methyl/N-ethyl adjacent to an activating group) is 1. The van der Waals surface area contributed by atoms with Crippen molar-refractivity contribution < 1.29 is 33.4 Å². The van der Waals surface area contributed by atoms with Gasteiger partial charge in [0.15, 0.2) is 0 Å². The van der Waals surface area contributed by atoms with Gasteiger partial charge in [0.25, 0.3) is 5.91 Å². The second kappa shape index (κ2) is 18.9. The predicted octanol–water partition coefficient (Wildman–Crippen LogP) is 5.75. The number of urea groups is 1. The van der Waals surface area contributed by atoms with Gasteiger partial charge in [-0.1, -0.05) is 40.3 Å². The molecule has 6 bridgehead atoms. The third-order valence-corrected chi connectivity index (χ3v) is 14.5. The quantitative estimate of drug-likeness (QED) is 0.156. The lowest BCUT2D eigenvalue weighted by Gasteiger charge is -2.39. The standard InChI is InChI=1S/C49H63N9O7S/c1-10-41(59)56-20-21-57(39-24-38(39)56)48(63)54(8)43(28(3)4)45(60)52-35-23-40-51-36(26-66-40)30-16-17-37-32(22-30)33(44(55(37)11-2)31-14-12-18-50-42(31)29(5)64-9)25-49(6,7)27-65-47(62)34-15-13-19-58(53-34)46(35)61/h10,12,14,16-18,22,26,28-29,34-35,38-39,43,53H,1,11,13,15,19-21,23-25,27H2,2-9H3,(H,52,60)/t29-,34-,35-,38+,39-,43-/m0/s1. The van der Waals surface area contributed by atoms with Gasteiger partial charge in [-0.3, -0.25) is 29.2 Å². The Morgan fingerprint density at radius 3 is 2.61 bits per heavy atom. The van der Waals surface area contributed by atoms with Crippen molar-refractivity contribution in [2.75, 3.05) is 40.4 Å². The number of pyridine rings is 1. The van der Waals surface area contributed by atoms with Crippen LogP contribution in [-0.4, -0.2) is 135 Å². The van der Waals surface area contributed by atoms with Crippen LogP contribution < -0.4 is 10.7 Å². The summed E-state index contributed by atoms with van der Waals surface area (Å²) in [5.41, 5.74) is 9.27. The van der Waals surface area contributed by atoms with Crippen molar-refractivity contribution in [2.45, 2.75) is 117 Å². The molecule has 352 valence electrons. The van der Waals surface area contributed by atoms with Gasteiger partial charge in [-0.2, -0.15) is 0 Å². The Balaban J connectivity index is 1.14. The van der Waals surface area contributed by atoms with E-state index in [-0.39, 0.29) is 49.1 Å². The first-order valence-electron chi connectivity index (χ1n) is 23.1. The normalized spacial score (nSPS) is 22.8. The van der Waals surface area contributed by atoms with E-state index in [2.05, 4.69) is 66.9 Å². The fourth-order valence-electron chi connectivity index (χ4n) is 10.1. The number of piperazine rings is 1. The molecule has 3 aliphatic heterocycles. The molecule has 2 N–H and O–H groups in total. The van der Waals surface area contributed by atoms with Crippen LogP contribution in [0.15, 0.2) is 54.6 Å². The third kappa shape index (κ3) is 9.08. The van der Waals surface area contributed by atoms with Crippen molar-refractivity contribution in [2.24, 2.45) is 11.3 Å². The fourth-order valence-corrected chi connectivity index (χ4v) is 10.9. The number of cyclic esters (lactones) is 1. The van der Waals surface area contributed by atoms with E-state index >= 15 is 0 Å². The average molecular weight is 922 g/mol. The Kier molecular flexibility index (Phi) is 13.4. The van der Waals surface area contributed by atoms with Crippen molar-refractivity contribution in [3.8, 4) is 22.5 Å². The minimum Gasteiger partial charge on any atom is -0.464 e. The minimum absolute atomic E-state index is 0.0746. The molecule has 2 saturated heterocycles. The number of aryl methyl sites for hydroxylation is 1. The molecular weight excluding hydrogens is 859 g/mol. The van der Waals surface area contributed by atoms with E-state index in [0.717, 1.165) is 44.7 Å². The maximum absolute atomic E-state index is 14.7. The van der Waals surface area contributed by atoms with Crippen LogP contribution >= 0.6 is 11.3 Å². The molecule has 8 rings (SSSR count). The summed E-state index contributed by atoms with van der Waals surface area (Å²) in [5, 5.41) is 8.12. The predicted molar refractivity (Wildman–Crippen MR) is 252 cm³/mol. The number of methoxy groups -OCH3 is 1. The molecule has 0 unspecified atom stereocenters. The number of fused-ring (bicyclic) bond motifs is 7. The molecule has 3 fully saturated rings. The molecule has 1 saturated carbocycles. The number of carbonyl (C=O) groups is 5. The number of carbonyl (C=O) groups excluding carboxylic acids is 5. The molecule has 6 atom stereocenters. The summed E-state index contributed by atoms with van der Waals surface area (Å²) in [7, 11) is 3.30. The van der Waals surface area contributed by atoms with Gasteiger partial charge in [0.2, 0.25) is 11.8 Å². The SMILES string of the molecule is C=CC(=O)N1CCN(C(=O)N(C)[C@H](C(=O)N[C@H]2Cc3nc(cs3)-c3ccc4c(c3)c(c(-c3cccnc3[C@H](C)OC)n4CC)CC(C)(C)COC(=O)[C@@H]3CCCN(N3)C2=O)C(C)C)[C@H]2C[C@H]21. The number of hydrogen-bond acceptors (Lipinski definition) is 11. The molecule has 4 aromatic rings. The Bertz CT molecular complexity index is 2530. The topological polar surface area (TPSA) is 172 Å². The van der Waals surface area contributed by atoms with E-state index in [9.17, 15) is 24.0 Å². The lowest BCUT2D eigenvalue weighted by atomic mass is 9.84. The van der Waals surface area contributed by atoms with E-state index in [1.807, 2.05) is 32.2 Å². The zero-order chi connectivity index (χ0) is 47.2. The van der Waals surface area contributed by atoms with Crippen LogP contribution in [0.1, 0.15) is 83.2 Å². The summed E-state index contributed by atoms with van der Waals surface area (Å²) in [6, 6.07) is 7.11. The first-order chi connectivity index (χ1) is 31.5. The van der Waals surface area contributed by atoms with Gasteiger partial charge in [0.05, 0.1) is 46.9 Å². The number of aromatic nitrogens is 3. The number of esters is 1. The maximum atomic E-state index is 14.7. The molecule has 0 radical (unpaired) electrons. The van der Waals surface area contributed by atoms with Crippen LogP contribution in [-0.2, 0) is 48.0 Å². The van der Waals surface area contributed by atoms with Crippen LogP contribution in [0.25, 0.3) is 33.4 Å². The highest BCUT2D eigenvalue weighted by molar-refractivity contribution is 7.10. The molecule has 16 nitrogen and oxygen atoms in total. The van der Waals surface area contributed by atoms with E-state index in [1.165, 1.54) is 27.3 Å². The van der Waals surface area contributed by atoms with Crippen molar-refractivity contribution in [1.29, 1.82) is 0 Å². The molecule has 17 heteroatoms. The fraction of sp³-hybridized carbons (Fsp3) is 0.531. The van der Waals surface area contributed by atoms with Crippen molar-refractivity contribution in [3.05, 3.63) is 70.8 Å². The van der Waals surface area contributed by atoms with Gasteiger partial charge in [0.1, 0.15) is 18.1 Å². The smallest absolute Gasteiger partial charge is 0.324 e. The number of nitrogens with one attached hydrogen (secondary N) is 2. The minimum atomic E-state index is -1.08. The Morgan fingerprint density at radius 1 is 1.12 bits per heavy atom. The summed E-state index contributed by atoms with van der Waals surface area (Å²) in [4.78, 5) is 84.4. The van der Waals surface area contributed by atoms with Crippen LogP contribution in [0.3, 0.4) is 0 Å². The zero-order valence-corrected chi connectivity index (χ0v) is 40.2. The Morgan fingerprint density at radius 2 is 1.88 bits per heavy atom. The molecule has 66 heavy (non-hydrogen) atoms. The average Bonchev–Trinajstić information content (AvgIpc) is 3.89. The molecular formula is C49H63N9O7S. The Hall–Kier alpha value is -5.65. The van der Waals surface area contributed by atoms with Crippen molar-refractivity contribution in [3.63, 3.8) is 0 Å². The summed E-state index contributed by atoms with van der Waals surface area (Å²) in [6.45, 7) is 17.5. The monoisotopic (exact) mass is 921 g/mol. The van der Waals surface area contributed by atoms with E-state index in [0.29, 0.717) is 56.9 Å². The number of rotatable bonds is 9. The van der Waals surface area contributed by atoms with Gasteiger partial charge >= 0.3 is 12.0 Å². The van der Waals surface area contributed by atoms with Crippen LogP contribution in [0.2, 0.25) is 0 Å².